The fourth-order valence-electron chi connectivity index (χ4n) is 4.10. The lowest BCUT2D eigenvalue weighted by atomic mass is 9.82. The molecule has 3 aliphatic heterocycles. The summed E-state index contributed by atoms with van der Waals surface area (Å²) in [4.78, 5) is 15.2. The van der Waals surface area contributed by atoms with Gasteiger partial charge in [-0.05, 0) is 37.0 Å². The van der Waals surface area contributed by atoms with Crippen molar-refractivity contribution >= 4 is 24.0 Å². The topological polar surface area (TPSA) is 68.2 Å². The third-order valence-corrected chi connectivity index (χ3v) is 5.80. The van der Waals surface area contributed by atoms with Gasteiger partial charge in [0.05, 0.1) is 6.07 Å². The van der Waals surface area contributed by atoms with Gasteiger partial charge in [0.2, 0.25) is 5.91 Å². The quantitative estimate of drug-likeness (QED) is 0.839. The Kier molecular flexibility index (Phi) is 6.01. The number of carbonyl (C=O) groups is 1. The lowest BCUT2D eigenvalue weighted by molar-refractivity contribution is -0.121. The zero-order valence-corrected chi connectivity index (χ0v) is 16.0. The van der Waals surface area contributed by atoms with Crippen LogP contribution in [0, 0.1) is 16.7 Å². The second-order valence-electron chi connectivity index (χ2n) is 7.38. The monoisotopic (exact) mass is 384 g/mol. The first-order valence-corrected chi connectivity index (χ1v) is 9.35. The Balaban J connectivity index is 0.00000210. The number of piperidine rings is 1. The van der Waals surface area contributed by atoms with Gasteiger partial charge in [0.25, 0.3) is 0 Å². The summed E-state index contributed by atoms with van der Waals surface area (Å²) >= 11 is 0. The van der Waals surface area contributed by atoms with E-state index in [1.54, 1.807) is 12.2 Å². The van der Waals surface area contributed by atoms with Gasteiger partial charge in [0, 0.05) is 37.4 Å². The number of halogens is 1. The molecule has 6 heteroatoms. The standard InChI is InChI=1S/C21H24N4O.ClH/c22-15-21(10-2-1-3-11-21)20(26)24-18-6-4-16(5-7-18)19-14-23-17-8-12-25(19)13-9-17;/h1-7,10,17,19,23H,8-9,11-14H2,(H,24,26);1H. The Hall–Kier alpha value is -2.13. The number of rotatable bonds is 3. The molecular weight excluding hydrogens is 360 g/mol. The van der Waals surface area contributed by atoms with Crippen molar-refractivity contribution in [1.82, 2.24) is 10.2 Å². The molecule has 142 valence electrons. The van der Waals surface area contributed by atoms with Crippen molar-refractivity contribution in [3.63, 3.8) is 0 Å². The molecule has 2 atom stereocenters. The van der Waals surface area contributed by atoms with E-state index in [4.69, 9.17) is 0 Å². The van der Waals surface area contributed by atoms with Gasteiger partial charge >= 0.3 is 0 Å². The van der Waals surface area contributed by atoms with Gasteiger partial charge in [-0.25, -0.2) is 0 Å². The Morgan fingerprint density at radius 3 is 2.59 bits per heavy atom. The zero-order valence-electron chi connectivity index (χ0n) is 15.2. The minimum Gasteiger partial charge on any atom is -0.324 e. The zero-order chi connectivity index (χ0) is 18.0. The van der Waals surface area contributed by atoms with Crippen molar-refractivity contribution in [1.29, 1.82) is 5.26 Å². The minimum absolute atomic E-state index is 0. The third-order valence-electron chi connectivity index (χ3n) is 5.80. The van der Waals surface area contributed by atoms with Crippen LogP contribution in [0.3, 0.4) is 0 Å². The molecule has 0 saturated carbocycles. The SMILES string of the molecule is Cl.N#CC1(C(=O)Nc2ccc(C3CNC4CCN3CC4)cc2)C=CC=CC1. The number of anilines is 1. The van der Waals surface area contributed by atoms with Gasteiger partial charge in [-0.1, -0.05) is 36.4 Å². The predicted molar refractivity (Wildman–Crippen MR) is 109 cm³/mol. The van der Waals surface area contributed by atoms with Crippen LogP contribution < -0.4 is 10.6 Å². The first kappa shape index (κ1) is 19.6. The van der Waals surface area contributed by atoms with Crippen LogP contribution in [-0.2, 0) is 4.79 Å². The molecule has 0 spiro atoms. The molecule has 5 nitrogen and oxygen atoms in total. The van der Waals surface area contributed by atoms with Crippen LogP contribution >= 0.6 is 12.4 Å². The highest BCUT2D eigenvalue weighted by Gasteiger charge is 2.36. The number of amides is 1. The molecule has 3 saturated heterocycles. The lowest BCUT2D eigenvalue weighted by Crippen LogP contribution is -2.35. The van der Waals surface area contributed by atoms with E-state index in [1.165, 1.54) is 18.4 Å². The molecule has 27 heavy (non-hydrogen) atoms. The molecule has 5 rings (SSSR count). The van der Waals surface area contributed by atoms with Crippen LogP contribution in [0.1, 0.15) is 30.9 Å². The summed E-state index contributed by atoms with van der Waals surface area (Å²) in [5.74, 6) is -0.271. The summed E-state index contributed by atoms with van der Waals surface area (Å²) in [6.45, 7) is 3.27. The van der Waals surface area contributed by atoms with Crippen molar-refractivity contribution in [3.05, 3.63) is 54.1 Å². The summed E-state index contributed by atoms with van der Waals surface area (Å²) in [6, 6.07) is 11.3. The van der Waals surface area contributed by atoms with E-state index in [2.05, 4.69) is 33.7 Å². The fourth-order valence-corrected chi connectivity index (χ4v) is 4.10. The molecule has 2 N–H and O–H groups in total. The van der Waals surface area contributed by atoms with Gasteiger partial charge < -0.3 is 10.6 Å². The number of nitrogens with one attached hydrogen (secondary N) is 2. The van der Waals surface area contributed by atoms with Crippen molar-refractivity contribution in [2.24, 2.45) is 5.41 Å². The molecule has 2 bridgehead atoms. The maximum atomic E-state index is 12.6. The second kappa shape index (κ2) is 8.26. The largest absolute Gasteiger partial charge is 0.324 e. The summed E-state index contributed by atoms with van der Waals surface area (Å²) in [7, 11) is 0. The van der Waals surface area contributed by atoms with E-state index in [0.29, 0.717) is 18.5 Å². The van der Waals surface area contributed by atoms with E-state index in [-0.39, 0.29) is 18.3 Å². The lowest BCUT2D eigenvalue weighted by Gasteiger charge is -2.31. The number of benzene rings is 1. The van der Waals surface area contributed by atoms with Crippen LogP contribution in [0.4, 0.5) is 5.69 Å². The number of nitriles is 1. The highest BCUT2D eigenvalue weighted by atomic mass is 35.5. The Morgan fingerprint density at radius 1 is 1.22 bits per heavy atom. The number of hydrogen-bond donors (Lipinski definition) is 2. The van der Waals surface area contributed by atoms with Gasteiger partial charge in [-0.3, -0.25) is 9.69 Å². The maximum Gasteiger partial charge on any atom is 0.249 e. The Labute approximate surface area is 166 Å². The summed E-state index contributed by atoms with van der Waals surface area (Å²) in [5.41, 5.74) is 0.897. The van der Waals surface area contributed by atoms with E-state index in [9.17, 15) is 10.1 Å². The number of hydrogen-bond acceptors (Lipinski definition) is 4. The maximum absolute atomic E-state index is 12.6. The molecule has 2 unspecified atom stereocenters. The first-order chi connectivity index (χ1) is 12.7. The van der Waals surface area contributed by atoms with Gasteiger partial charge in [-0.2, -0.15) is 5.26 Å². The van der Waals surface area contributed by atoms with Crippen LogP contribution in [0.15, 0.2) is 48.6 Å². The smallest absolute Gasteiger partial charge is 0.249 e. The number of fused-ring (bicyclic) bond motifs is 4. The van der Waals surface area contributed by atoms with Crippen LogP contribution in [-0.4, -0.2) is 36.5 Å². The number of allylic oxidation sites excluding steroid dienone is 3. The summed E-state index contributed by atoms with van der Waals surface area (Å²) in [5, 5.41) is 16.0. The molecule has 3 heterocycles. The van der Waals surface area contributed by atoms with E-state index in [0.717, 1.165) is 25.3 Å². The molecule has 1 aliphatic carbocycles. The van der Waals surface area contributed by atoms with Crippen LogP contribution in [0.2, 0.25) is 0 Å². The van der Waals surface area contributed by atoms with E-state index >= 15 is 0 Å². The Bertz CT molecular complexity index is 774. The molecule has 1 aromatic rings. The number of carbonyl (C=O) groups excluding carboxylic acids is 1. The van der Waals surface area contributed by atoms with E-state index < -0.39 is 5.41 Å². The third kappa shape index (κ3) is 3.93. The molecule has 0 aromatic heterocycles. The minimum atomic E-state index is -1.11. The Morgan fingerprint density at radius 2 is 1.96 bits per heavy atom. The molecule has 3 fully saturated rings. The van der Waals surface area contributed by atoms with Crippen molar-refractivity contribution in [3.8, 4) is 6.07 Å². The van der Waals surface area contributed by atoms with Gasteiger partial charge in [0.15, 0.2) is 5.41 Å². The average Bonchev–Trinajstić information content (AvgIpc) is 3.03. The normalized spacial score (nSPS) is 31.4. The van der Waals surface area contributed by atoms with Crippen LogP contribution in [0.25, 0.3) is 0 Å². The average molecular weight is 385 g/mol. The molecule has 4 aliphatic rings. The van der Waals surface area contributed by atoms with Gasteiger partial charge in [0.1, 0.15) is 0 Å². The molecule has 0 radical (unpaired) electrons. The molecular formula is C21H25ClN4O. The molecule has 1 amide bonds. The summed E-state index contributed by atoms with van der Waals surface area (Å²) in [6.07, 6.45) is 10.0. The predicted octanol–water partition coefficient (Wildman–Crippen LogP) is 3.18. The number of nitrogens with zero attached hydrogens (tertiary/aromatic N) is 2. The highest BCUT2D eigenvalue weighted by Crippen LogP contribution is 2.31. The fraction of sp³-hybridized carbons (Fsp3) is 0.429. The first-order valence-electron chi connectivity index (χ1n) is 9.35. The van der Waals surface area contributed by atoms with E-state index in [1.807, 2.05) is 24.3 Å². The van der Waals surface area contributed by atoms with Crippen molar-refractivity contribution in [2.45, 2.75) is 31.3 Å². The van der Waals surface area contributed by atoms with Crippen LogP contribution in [0.5, 0.6) is 0 Å². The van der Waals surface area contributed by atoms with Crippen molar-refractivity contribution in [2.75, 3.05) is 25.0 Å². The van der Waals surface area contributed by atoms with Gasteiger partial charge in [-0.15, -0.1) is 12.4 Å². The highest BCUT2D eigenvalue weighted by molar-refractivity contribution is 5.99. The second-order valence-corrected chi connectivity index (χ2v) is 7.38. The molecule has 1 aromatic carbocycles. The van der Waals surface area contributed by atoms with Crippen molar-refractivity contribution < 1.29 is 4.79 Å². The summed E-state index contributed by atoms with van der Waals surface area (Å²) < 4.78 is 0.